The van der Waals surface area contributed by atoms with Crippen molar-refractivity contribution in [1.29, 1.82) is 0 Å². The first-order valence-electron chi connectivity index (χ1n) is 7.19. The molecule has 0 heterocycles. The Kier molecular flexibility index (Phi) is 4.86. The van der Waals surface area contributed by atoms with E-state index in [0.717, 1.165) is 44.0 Å². The maximum absolute atomic E-state index is 13.6. The maximum atomic E-state index is 13.6. The molecule has 0 saturated heterocycles. The third-order valence-electron chi connectivity index (χ3n) is 3.63. The van der Waals surface area contributed by atoms with E-state index in [0.29, 0.717) is 12.0 Å². The maximum Gasteiger partial charge on any atom is 0.179 e. The molecule has 0 amide bonds. The quantitative estimate of drug-likeness (QED) is 0.711. The van der Waals surface area contributed by atoms with E-state index in [1.54, 1.807) is 0 Å². The number of halogens is 2. The summed E-state index contributed by atoms with van der Waals surface area (Å²) in [4.78, 5) is 14.3. The zero-order chi connectivity index (χ0) is 14.7. The molecule has 20 heavy (non-hydrogen) atoms. The van der Waals surface area contributed by atoms with Gasteiger partial charge in [-0.1, -0.05) is 13.8 Å². The van der Waals surface area contributed by atoms with Gasteiger partial charge in [0.15, 0.2) is 5.78 Å². The minimum absolute atomic E-state index is 0.139. The number of carbonyl (C=O) groups is 1. The molecule has 0 atom stereocenters. The van der Waals surface area contributed by atoms with Crippen molar-refractivity contribution in [2.45, 2.75) is 39.2 Å². The summed E-state index contributed by atoms with van der Waals surface area (Å²) < 4.78 is 26.7. The second-order valence-electron chi connectivity index (χ2n) is 5.93. The van der Waals surface area contributed by atoms with Gasteiger partial charge in [-0.3, -0.25) is 9.69 Å². The number of ketones is 1. The molecule has 110 valence electrons. The molecule has 1 fully saturated rings. The standard InChI is InChI=1S/C16H21F2NO/c1-11(2)7-8-19(13-4-5-13)10-16(20)14-9-12(17)3-6-15(14)18/h3,6,9,11,13H,4-5,7-8,10H2,1-2H3. The molecule has 1 aliphatic rings. The van der Waals surface area contributed by atoms with Crippen LogP contribution in [-0.4, -0.2) is 29.8 Å². The summed E-state index contributed by atoms with van der Waals surface area (Å²) in [5, 5.41) is 0. The Balaban J connectivity index is 2.02. The van der Waals surface area contributed by atoms with E-state index in [1.807, 2.05) is 0 Å². The lowest BCUT2D eigenvalue weighted by molar-refractivity contribution is 0.0916. The highest BCUT2D eigenvalue weighted by molar-refractivity contribution is 5.97. The highest BCUT2D eigenvalue weighted by atomic mass is 19.1. The number of hydrogen-bond donors (Lipinski definition) is 0. The second-order valence-corrected chi connectivity index (χ2v) is 5.93. The fourth-order valence-corrected chi connectivity index (χ4v) is 2.24. The molecule has 0 unspecified atom stereocenters. The minimum atomic E-state index is -0.643. The Hall–Kier alpha value is -1.29. The number of carbonyl (C=O) groups excluding carboxylic acids is 1. The predicted molar refractivity (Wildman–Crippen MR) is 74.7 cm³/mol. The van der Waals surface area contributed by atoms with Gasteiger partial charge in [0, 0.05) is 6.04 Å². The third kappa shape index (κ3) is 4.10. The van der Waals surface area contributed by atoms with Gasteiger partial charge < -0.3 is 0 Å². The van der Waals surface area contributed by atoms with Gasteiger partial charge in [0.25, 0.3) is 0 Å². The number of hydrogen-bond acceptors (Lipinski definition) is 2. The van der Waals surface area contributed by atoms with Crippen LogP contribution in [0.5, 0.6) is 0 Å². The van der Waals surface area contributed by atoms with E-state index in [-0.39, 0.29) is 17.9 Å². The summed E-state index contributed by atoms with van der Waals surface area (Å²) >= 11 is 0. The second kappa shape index (κ2) is 6.44. The SMILES string of the molecule is CC(C)CCN(CC(=O)c1cc(F)ccc1F)C1CC1. The van der Waals surface area contributed by atoms with Crippen molar-refractivity contribution < 1.29 is 13.6 Å². The molecular weight excluding hydrogens is 260 g/mol. The summed E-state index contributed by atoms with van der Waals surface area (Å²) in [6.45, 7) is 5.29. The molecule has 1 aromatic rings. The first-order chi connectivity index (χ1) is 9.47. The molecule has 2 nitrogen and oxygen atoms in total. The molecule has 0 aromatic heterocycles. The summed E-state index contributed by atoms with van der Waals surface area (Å²) in [6.07, 6.45) is 3.20. The topological polar surface area (TPSA) is 20.3 Å². The number of benzene rings is 1. The van der Waals surface area contributed by atoms with Crippen molar-refractivity contribution >= 4 is 5.78 Å². The first kappa shape index (κ1) is 15.1. The monoisotopic (exact) mass is 281 g/mol. The third-order valence-corrected chi connectivity index (χ3v) is 3.63. The van der Waals surface area contributed by atoms with Gasteiger partial charge in [-0.15, -0.1) is 0 Å². The van der Waals surface area contributed by atoms with Crippen LogP contribution in [0.1, 0.15) is 43.5 Å². The van der Waals surface area contributed by atoms with Crippen molar-refractivity contribution in [2.75, 3.05) is 13.1 Å². The van der Waals surface area contributed by atoms with Crippen molar-refractivity contribution in [3.8, 4) is 0 Å². The lowest BCUT2D eigenvalue weighted by Gasteiger charge is -2.22. The summed E-state index contributed by atoms with van der Waals surface area (Å²) in [6, 6.07) is 3.47. The van der Waals surface area contributed by atoms with Crippen LogP contribution >= 0.6 is 0 Å². The Morgan fingerprint density at radius 1 is 1.35 bits per heavy atom. The molecular formula is C16H21F2NO. The van der Waals surface area contributed by atoms with Crippen LogP contribution < -0.4 is 0 Å². The van der Waals surface area contributed by atoms with Gasteiger partial charge in [0.2, 0.25) is 0 Å². The van der Waals surface area contributed by atoms with Gasteiger partial charge in [-0.2, -0.15) is 0 Å². The fraction of sp³-hybridized carbons (Fsp3) is 0.562. The predicted octanol–water partition coefficient (Wildman–Crippen LogP) is 3.66. The average Bonchev–Trinajstić information content (AvgIpc) is 3.21. The van der Waals surface area contributed by atoms with Crippen LogP contribution in [0.4, 0.5) is 8.78 Å². The van der Waals surface area contributed by atoms with E-state index in [4.69, 9.17) is 0 Å². The Morgan fingerprint density at radius 2 is 2.05 bits per heavy atom. The van der Waals surface area contributed by atoms with Crippen LogP contribution in [0.25, 0.3) is 0 Å². The molecule has 2 rings (SSSR count). The number of Topliss-reactive ketones (excluding diaryl/α,β-unsaturated/α-hetero) is 1. The van der Waals surface area contributed by atoms with Gasteiger partial charge in [0.05, 0.1) is 12.1 Å². The molecule has 4 heteroatoms. The van der Waals surface area contributed by atoms with E-state index in [9.17, 15) is 13.6 Å². The molecule has 0 aliphatic heterocycles. The summed E-state index contributed by atoms with van der Waals surface area (Å²) in [5.41, 5.74) is -0.139. The average molecular weight is 281 g/mol. The largest absolute Gasteiger partial charge is 0.293 e. The fourth-order valence-electron chi connectivity index (χ4n) is 2.24. The first-order valence-corrected chi connectivity index (χ1v) is 7.19. The smallest absolute Gasteiger partial charge is 0.179 e. The Bertz CT molecular complexity index is 483. The summed E-state index contributed by atoms with van der Waals surface area (Å²) in [7, 11) is 0. The molecule has 0 spiro atoms. The zero-order valence-corrected chi connectivity index (χ0v) is 12.0. The van der Waals surface area contributed by atoms with E-state index >= 15 is 0 Å². The number of rotatable bonds is 7. The van der Waals surface area contributed by atoms with Crippen LogP contribution in [0.3, 0.4) is 0 Å². The zero-order valence-electron chi connectivity index (χ0n) is 12.0. The normalized spacial score (nSPS) is 15.1. The lowest BCUT2D eigenvalue weighted by atomic mass is 10.1. The highest BCUT2D eigenvalue weighted by Gasteiger charge is 2.30. The van der Waals surface area contributed by atoms with E-state index < -0.39 is 11.6 Å². The van der Waals surface area contributed by atoms with Gasteiger partial charge in [-0.05, 0) is 49.9 Å². The van der Waals surface area contributed by atoms with Gasteiger partial charge in [-0.25, -0.2) is 8.78 Å². The minimum Gasteiger partial charge on any atom is -0.293 e. The van der Waals surface area contributed by atoms with Crippen LogP contribution in [0, 0.1) is 17.6 Å². The van der Waals surface area contributed by atoms with Crippen molar-refractivity contribution in [2.24, 2.45) is 5.92 Å². The van der Waals surface area contributed by atoms with Crippen LogP contribution in [-0.2, 0) is 0 Å². The molecule has 1 aromatic carbocycles. The van der Waals surface area contributed by atoms with Crippen LogP contribution in [0.2, 0.25) is 0 Å². The van der Waals surface area contributed by atoms with Crippen molar-refractivity contribution in [3.63, 3.8) is 0 Å². The molecule has 0 bridgehead atoms. The lowest BCUT2D eigenvalue weighted by Crippen LogP contribution is -2.33. The van der Waals surface area contributed by atoms with Crippen LogP contribution in [0.15, 0.2) is 18.2 Å². The molecule has 0 radical (unpaired) electrons. The van der Waals surface area contributed by atoms with Gasteiger partial charge >= 0.3 is 0 Å². The Labute approximate surface area is 118 Å². The Morgan fingerprint density at radius 3 is 2.65 bits per heavy atom. The summed E-state index contributed by atoms with van der Waals surface area (Å²) in [5.74, 6) is -0.985. The number of nitrogens with zero attached hydrogens (tertiary/aromatic N) is 1. The van der Waals surface area contributed by atoms with E-state index in [1.165, 1.54) is 0 Å². The molecule has 0 N–H and O–H groups in total. The van der Waals surface area contributed by atoms with Crippen molar-refractivity contribution in [3.05, 3.63) is 35.4 Å². The van der Waals surface area contributed by atoms with Gasteiger partial charge in [0.1, 0.15) is 11.6 Å². The van der Waals surface area contributed by atoms with Crippen molar-refractivity contribution in [1.82, 2.24) is 4.90 Å². The van der Waals surface area contributed by atoms with E-state index in [2.05, 4.69) is 18.7 Å². The molecule has 1 saturated carbocycles. The highest BCUT2D eigenvalue weighted by Crippen LogP contribution is 2.27. The molecule has 1 aliphatic carbocycles.